The summed E-state index contributed by atoms with van der Waals surface area (Å²) in [6.07, 6.45) is -1.42. The van der Waals surface area contributed by atoms with E-state index in [1.807, 2.05) is 0 Å². The van der Waals surface area contributed by atoms with Gasteiger partial charge in [-0.1, -0.05) is 0 Å². The molecule has 9 heteroatoms. The molecule has 2 rings (SSSR count). The molecule has 1 aromatic rings. The molecule has 1 aliphatic rings. The molecule has 8 nitrogen and oxygen atoms in total. The summed E-state index contributed by atoms with van der Waals surface area (Å²) in [6.45, 7) is 0.141. The second-order valence-corrected chi connectivity index (χ2v) is 6.07. The van der Waals surface area contributed by atoms with Crippen molar-refractivity contribution in [1.29, 1.82) is 0 Å². The van der Waals surface area contributed by atoms with Gasteiger partial charge in [0.25, 0.3) is 0 Å². The smallest absolute Gasteiger partial charge is 0.333 e. The molecule has 3 atom stereocenters. The lowest BCUT2D eigenvalue weighted by atomic mass is 10.2. The van der Waals surface area contributed by atoms with Crippen LogP contribution >= 0.6 is 11.8 Å². The maximum absolute atomic E-state index is 11.6. The molecule has 0 spiro atoms. The number of hydrogen-bond donors (Lipinski definition) is 4. The summed E-state index contributed by atoms with van der Waals surface area (Å²) in [6, 6.07) is 2.42. The van der Waals surface area contributed by atoms with E-state index in [1.54, 1.807) is 0 Å². The third kappa shape index (κ3) is 4.29. The summed E-state index contributed by atoms with van der Waals surface area (Å²) in [5, 5.41) is 37.5. The number of aliphatic hydroxyl groups excluding tert-OH is 2. The van der Waals surface area contributed by atoms with Crippen molar-refractivity contribution in [1.82, 2.24) is 4.73 Å². The van der Waals surface area contributed by atoms with Gasteiger partial charge in [-0.2, -0.15) is 11.8 Å². The Morgan fingerprint density at radius 1 is 1.36 bits per heavy atom. The van der Waals surface area contributed by atoms with Crippen molar-refractivity contribution in [2.75, 3.05) is 18.1 Å². The summed E-state index contributed by atoms with van der Waals surface area (Å²) >= 11 is 1.50. The number of aromatic nitrogens is 1. The minimum Gasteiger partial charge on any atom is -0.492 e. The maximum Gasteiger partial charge on any atom is 0.333 e. The molecule has 4 N–H and O–H groups in total. The van der Waals surface area contributed by atoms with Gasteiger partial charge in [-0.15, -0.1) is 4.73 Å². The monoisotopic (exact) mass is 333 g/mol. The van der Waals surface area contributed by atoms with Gasteiger partial charge < -0.3 is 30.0 Å². The minimum atomic E-state index is -0.864. The fourth-order valence-electron chi connectivity index (χ4n) is 1.97. The number of aromatic hydroxyl groups is 2. The molecule has 1 aromatic heterocycles. The van der Waals surface area contributed by atoms with E-state index in [4.69, 9.17) is 9.57 Å². The van der Waals surface area contributed by atoms with Gasteiger partial charge >= 0.3 is 5.97 Å². The Bertz CT molecular complexity index is 487. The number of aliphatic hydroxyl groups is 2. The van der Waals surface area contributed by atoms with Gasteiger partial charge in [0.2, 0.25) is 11.8 Å². The van der Waals surface area contributed by atoms with Crippen molar-refractivity contribution < 1.29 is 34.8 Å². The lowest BCUT2D eigenvalue weighted by molar-refractivity contribution is -0.145. The third-order valence-corrected chi connectivity index (χ3v) is 4.34. The van der Waals surface area contributed by atoms with Gasteiger partial charge in [0.15, 0.2) is 0 Å². The Balaban J connectivity index is 1.60. The highest BCUT2D eigenvalue weighted by Crippen LogP contribution is 2.20. The molecular weight excluding hydrogens is 314 g/mol. The molecule has 1 aliphatic heterocycles. The topological polar surface area (TPSA) is 121 Å². The zero-order chi connectivity index (χ0) is 16.1. The van der Waals surface area contributed by atoms with Crippen molar-refractivity contribution in [3.05, 3.63) is 12.1 Å². The van der Waals surface area contributed by atoms with Crippen LogP contribution in [0.15, 0.2) is 12.1 Å². The van der Waals surface area contributed by atoms with E-state index in [9.17, 15) is 25.2 Å². The van der Waals surface area contributed by atoms with Crippen LogP contribution in [0.2, 0.25) is 0 Å². The van der Waals surface area contributed by atoms with Crippen molar-refractivity contribution in [2.24, 2.45) is 0 Å². The summed E-state index contributed by atoms with van der Waals surface area (Å²) in [7, 11) is 0. The fraction of sp³-hybridized carbons (Fsp3) is 0.615. The van der Waals surface area contributed by atoms with E-state index in [-0.39, 0.29) is 30.9 Å². The zero-order valence-corrected chi connectivity index (χ0v) is 12.6. The molecule has 2 heterocycles. The molecular formula is C13H19NO7S. The second kappa shape index (κ2) is 7.73. The molecule has 0 aliphatic carbocycles. The summed E-state index contributed by atoms with van der Waals surface area (Å²) in [5.74, 6) is -0.0966. The summed E-state index contributed by atoms with van der Waals surface area (Å²) in [4.78, 5) is 16.4. The lowest BCUT2D eigenvalue weighted by Crippen LogP contribution is -2.31. The van der Waals surface area contributed by atoms with E-state index in [1.165, 1.54) is 23.9 Å². The highest BCUT2D eigenvalue weighted by Gasteiger charge is 2.34. The van der Waals surface area contributed by atoms with Crippen molar-refractivity contribution in [3.63, 3.8) is 0 Å². The largest absolute Gasteiger partial charge is 0.492 e. The molecule has 22 heavy (non-hydrogen) atoms. The van der Waals surface area contributed by atoms with Crippen LogP contribution in [0.3, 0.4) is 0 Å². The van der Waals surface area contributed by atoms with E-state index < -0.39 is 18.2 Å². The van der Waals surface area contributed by atoms with E-state index in [0.29, 0.717) is 22.7 Å². The predicted octanol–water partition coefficient (Wildman–Crippen LogP) is -0.511. The number of nitrogens with zero attached hydrogens (tertiary/aromatic N) is 1. The molecule has 3 unspecified atom stereocenters. The van der Waals surface area contributed by atoms with Gasteiger partial charge in [-0.05, 0) is 12.2 Å². The lowest BCUT2D eigenvalue weighted by Gasteiger charge is -2.14. The fourth-order valence-corrected chi connectivity index (χ4v) is 3.02. The normalized spacial score (nSPS) is 24.5. The van der Waals surface area contributed by atoms with Crippen LogP contribution in [0.5, 0.6) is 11.8 Å². The van der Waals surface area contributed by atoms with Crippen molar-refractivity contribution >= 4 is 17.7 Å². The molecule has 1 saturated heterocycles. The van der Waals surface area contributed by atoms with Crippen molar-refractivity contribution in [3.8, 4) is 11.8 Å². The number of hydrogen-bond acceptors (Lipinski definition) is 8. The van der Waals surface area contributed by atoms with Crippen LogP contribution in [0, 0.1) is 0 Å². The summed E-state index contributed by atoms with van der Waals surface area (Å²) < 4.78 is 5.88. The van der Waals surface area contributed by atoms with Crippen LogP contribution in [0.25, 0.3) is 0 Å². The Labute approximate surface area is 131 Å². The Morgan fingerprint density at radius 3 is 2.64 bits per heavy atom. The average Bonchev–Trinajstić information content (AvgIpc) is 2.97. The van der Waals surface area contributed by atoms with E-state index in [2.05, 4.69) is 0 Å². The quantitative estimate of drug-likeness (QED) is 0.492. The van der Waals surface area contributed by atoms with Crippen molar-refractivity contribution in [2.45, 2.75) is 31.2 Å². The first kappa shape index (κ1) is 16.9. The molecule has 1 fully saturated rings. The molecule has 0 bridgehead atoms. The maximum atomic E-state index is 11.6. The zero-order valence-electron chi connectivity index (χ0n) is 11.8. The van der Waals surface area contributed by atoms with Crippen LogP contribution in [-0.2, 0) is 9.53 Å². The highest BCUT2D eigenvalue weighted by molar-refractivity contribution is 7.99. The van der Waals surface area contributed by atoms with Gasteiger partial charge in [-0.25, -0.2) is 4.79 Å². The number of carbonyl (C=O) groups excluding carboxylic acids is 1. The first-order valence-electron chi connectivity index (χ1n) is 6.85. The first-order chi connectivity index (χ1) is 10.5. The van der Waals surface area contributed by atoms with Crippen LogP contribution in [0.4, 0.5) is 0 Å². The Morgan fingerprint density at radius 2 is 2.05 bits per heavy atom. The van der Waals surface area contributed by atoms with Crippen LogP contribution < -0.4 is 4.84 Å². The predicted molar refractivity (Wildman–Crippen MR) is 77.7 cm³/mol. The van der Waals surface area contributed by atoms with Crippen LogP contribution in [-0.4, -0.2) is 67.6 Å². The molecule has 0 amide bonds. The molecule has 124 valence electrons. The minimum absolute atomic E-state index is 0.126. The Hall–Kier alpha value is -1.42. The molecule has 0 aromatic carbocycles. The number of ether oxygens (including phenoxy) is 1. The van der Waals surface area contributed by atoms with Gasteiger partial charge in [-0.3, -0.25) is 0 Å². The number of carbonyl (C=O) groups is 1. The summed E-state index contributed by atoms with van der Waals surface area (Å²) in [5.41, 5.74) is 0. The highest BCUT2D eigenvalue weighted by atomic mass is 32.2. The first-order valence-corrected chi connectivity index (χ1v) is 8.01. The Kier molecular flexibility index (Phi) is 5.95. The SMILES string of the molecule is O=C(CCCSCC1OCC(O)C1O)On1c(O)ccc1O. The number of rotatable bonds is 7. The molecule has 0 saturated carbocycles. The standard InChI is InChI=1S/C13H19NO7S/c15-8-6-20-9(13(8)19)7-22-5-1-2-12(18)21-14-10(16)3-4-11(14)17/h3-4,8-9,13,15-17,19H,1-2,5-7H2. The van der Waals surface area contributed by atoms with Gasteiger partial charge in [0.1, 0.15) is 12.2 Å². The molecule has 0 radical (unpaired) electrons. The van der Waals surface area contributed by atoms with Gasteiger partial charge in [0.05, 0.1) is 12.7 Å². The van der Waals surface area contributed by atoms with E-state index >= 15 is 0 Å². The third-order valence-electron chi connectivity index (χ3n) is 3.20. The van der Waals surface area contributed by atoms with Gasteiger partial charge in [0, 0.05) is 24.3 Å². The second-order valence-electron chi connectivity index (χ2n) is 4.92. The number of thioether (sulfide) groups is 1. The van der Waals surface area contributed by atoms with Crippen LogP contribution in [0.1, 0.15) is 12.8 Å². The van der Waals surface area contributed by atoms with E-state index in [0.717, 1.165) is 0 Å². The average molecular weight is 333 g/mol.